The lowest BCUT2D eigenvalue weighted by atomic mass is 10.0. The molecular weight excluding hydrogens is 182 g/mol. The first-order chi connectivity index (χ1) is 6.66. The highest BCUT2D eigenvalue weighted by Crippen LogP contribution is 2.26. The summed E-state index contributed by atoms with van der Waals surface area (Å²) in [7, 11) is 1.74. The first kappa shape index (κ1) is 11.0. The molecule has 0 spiro atoms. The van der Waals surface area contributed by atoms with E-state index in [9.17, 15) is 0 Å². The molecule has 0 saturated carbocycles. The highest BCUT2D eigenvalue weighted by molar-refractivity contribution is 5.18. The molecule has 1 N–H and O–H groups in total. The fourth-order valence-corrected chi connectivity index (χ4v) is 1.18. The Bertz CT molecular complexity index is 287. The Morgan fingerprint density at radius 1 is 1.50 bits per heavy atom. The molecule has 0 aliphatic rings. The van der Waals surface area contributed by atoms with Gasteiger partial charge in [-0.2, -0.15) is 4.98 Å². The third-order valence-corrected chi connectivity index (χ3v) is 2.25. The van der Waals surface area contributed by atoms with E-state index in [1.165, 1.54) is 0 Å². The number of anilines is 1. The maximum absolute atomic E-state index is 5.61. The van der Waals surface area contributed by atoms with Gasteiger partial charge in [-0.1, -0.05) is 12.1 Å². The number of aromatic nitrogens is 2. The molecule has 0 aliphatic carbocycles. The molecule has 1 aromatic rings. The van der Waals surface area contributed by atoms with Crippen molar-refractivity contribution in [2.45, 2.75) is 32.8 Å². The molecule has 5 nitrogen and oxygen atoms in total. The average molecular weight is 199 g/mol. The Labute approximate surface area is 83.8 Å². The van der Waals surface area contributed by atoms with Crippen LogP contribution in [0.1, 0.15) is 33.0 Å². The Balaban J connectivity index is 2.87. The Hall–Kier alpha value is -1.10. The second-order valence-electron chi connectivity index (χ2n) is 3.19. The SMILES string of the molecule is CCOC(C)(CC)c1noc(NC)n1. The molecule has 14 heavy (non-hydrogen) atoms. The van der Waals surface area contributed by atoms with Crippen molar-refractivity contribution in [1.82, 2.24) is 10.1 Å². The van der Waals surface area contributed by atoms with Crippen LogP contribution in [0.5, 0.6) is 0 Å². The monoisotopic (exact) mass is 199 g/mol. The van der Waals surface area contributed by atoms with Gasteiger partial charge in [0.1, 0.15) is 5.60 Å². The minimum absolute atomic E-state index is 0.416. The van der Waals surface area contributed by atoms with Gasteiger partial charge in [-0.15, -0.1) is 0 Å². The molecule has 0 aliphatic heterocycles. The fraction of sp³-hybridized carbons (Fsp3) is 0.778. The van der Waals surface area contributed by atoms with Crippen molar-refractivity contribution >= 4 is 6.01 Å². The highest BCUT2D eigenvalue weighted by Gasteiger charge is 2.30. The zero-order valence-corrected chi connectivity index (χ0v) is 9.13. The summed E-state index contributed by atoms with van der Waals surface area (Å²) in [4.78, 5) is 4.18. The van der Waals surface area contributed by atoms with E-state index in [1.54, 1.807) is 7.05 Å². The molecule has 80 valence electrons. The summed E-state index contributed by atoms with van der Waals surface area (Å²) in [6, 6.07) is 0.416. The van der Waals surface area contributed by atoms with Crippen LogP contribution in [-0.2, 0) is 10.3 Å². The van der Waals surface area contributed by atoms with Gasteiger partial charge in [-0.3, -0.25) is 0 Å². The Morgan fingerprint density at radius 2 is 2.21 bits per heavy atom. The largest absolute Gasteiger partial charge is 0.367 e. The fourth-order valence-electron chi connectivity index (χ4n) is 1.18. The van der Waals surface area contributed by atoms with Gasteiger partial charge in [0.2, 0.25) is 5.82 Å². The van der Waals surface area contributed by atoms with Gasteiger partial charge in [-0.05, 0) is 20.3 Å². The van der Waals surface area contributed by atoms with E-state index in [-0.39, 0.29) is 0 Å². The number of rotatable bonds is 5. The minimum atomic E-state index is -0.451. The highest BCUT2D eigenvalue weighted by atomic mass is 16.5. The van der Waals surface area contributed by atoms with Gasteiger partial charge in [0, 0.05) is 13.7 Å². The van der Waals surface area contributed by atoms with Gasteiger partial charge in [0.05, 0.1) is 0 Å². The summed E-state index contributed by atoms with van der Waals surface area (Å²) in [5.74, 6) is 0.589. The van der Waals surface area contributed by atoms with Gasteiger partial charge in [-0.25, -0.2) is 0 Å². The predicted molar refractivity (Wildman–Crippen MR) is 53.1 cm³/mol. The third-order valence-electron chi connectivity index (χ3n) is 2.25. The van der Waals surface area contributed by atoms with Crippen molar-refractivity contribution in [3.05, 3.63) is 5.82 Å². The number of nitrogens with one attached hydrogen (secondary N) is 1. The van der Waals surface area contributed by atoms with Crippen LogP contribution in [-0.4, -0.2) is 23.8 Å². The molecule has 1 heterocycles. The second-order valence-corrected chi connectivity index (χ2v) is 3.19. The molecule has 1 unspecified atom stereocenters. The number of nitrogens with zero attached hydrogens (tertiary/aromatic N) is 2. The molecule has 5 heteroatoms. The summed E-state index contributed by atoms with van der Waals surface area (Å²) < 4.78 is 10.6. The first-order valence-corrected chi connectivity index (χ1v) is 4.82. The lowest BCUT2D eigenvalue weighted by Gasteiger charge is -2.23. The topological polar surface area (TPSA) is 60.2 Å². The predicted octanol–water partition coefficient (Wildman–Crippen LogP) is 1.77. The van der Waals surface area contributed by atoms with Crippen molar-refractivity contribution in [2.75, 3.05) is 19.0 Å². The van der Waals surface area contributed by atoms with Crippen LogP contribution >= 0.6 is 0 Å². The molecule has 1 rings (SSSR count). The van der Waals surface area contributed by atoms with E-state index in [0.717, 1.165) is 6.42 Å². The van der Waals surface area contributed by atoms with Crippen LogP contribution in [0, 0.1) is 0 Å². The van der Waals surface area contributed by atoms with E-state index in [2.05, 4.69) is 15.5 Å². The number of ether oxygens (including phenoxy) is 1. The van der Waals surface area contributed by atoms with Gasteiger partial charge >= 0.3 is 6.01 Å². The van der Waals surface area contributed by atoms with Crippen molar-refractivity contribution < 1.29 is 9.26 Å². The van der Waals surface area contributed by atoms with Crippen LogP contribution in [0.3, 0.4) is 0 Å². The molecule has 1 atom stereocenters. The van der Waals surface area contributed by atoms with Crippen LogP contribution in [0.4, 0.5) is 6.01 Å². The first-order valence-electron chi connectivity index (χ1n) is 4.82. The molecule has 0 fully saturated rings. The van der Waals surface area contributed by atoms with Crippen LogP contribution in [0.2, 0.25) is 0 Å². The minimum Gasteiger partial charge on any atom is -0.367 e. The molecule has 0 saturated heterocycles. The van der Waals surface area contributed by atoms with E-state index in [4.69, 9.17) is 9.26 Å². The van der Waals surface area contributed by atoms with Gasteiger partial charge < -0.3 is 14.6 Å². The summed E-state index contributed by atoms with van der Waals surface area (Å²) in [6.07, 6.45) is 0.809. The maximum atomic E-state index is 5.61. The van der Waals surface area contributed by atoms with E-state index < -0.39 is 5.60 Å². The van der Waals surface area contributed by atoms with Crippen LogP contribution in [0.15, 0.2) is 4.52 Å². The second kappa shape index (κ2) is 4.41. The summed E-state index contributed by atoms with van der Waals surface area (Å²) in [5.41, 5.74) is -0.451. The van der Waals surface area contributed by atoms with E-state index in [1.807, 2.05) is 20.8 Å². The number of hydrogen-bond donors (Lipinski definition) is 1. The van der Waals surface area contributed by atoms with E-state index >= 15 is 0 Å². The van der Waals surface area contributed by atoms with Crippen molar-refractivity contribution in [3.8, 4) is 0 Å². The molecule has 0 bridgehead atoms. The standard InChI is InChI=1S/C9H17N3O2/c1-5-9(3,13-6-2)7-11-8(10-4)14-12-7/h5-6H2,1-4H3,(H,10,11,12). The maximum Gasteiger partial charge on any atom is 0.321 e. The molecule has 0 amide bonds. The lowest BCUT2D eigenvalue weighted by Crippen LogP contribution is -2.26. The van der Waals surface area contributed by atoms with Crippen LogP contribution in [0.25, 0.3) is 0 Å². The average Bonchev–Trinajstić information content (AvgIpc) is 2.66. The molecule has 1 aromatic heterocycles. The quantitative estimate of drug-likeness (QED) is 0.783. The Kier molecular flexibility index (Phi) is 3.46. The zero-order valence-electron chi connectivity index (χ0n) is 9.13. The summed E-state index contributed by atoms with van der Waals surface area (Å²) in [6.45, 7) is 6.58. The van der Waals surface area contributed by atoms with Crippen LogP contribution < -0.4 is 5.32 Å². The lowest BCUT2D eigenvalue weighted by molar-refractivity contribution is -0.0403. The van der Waals surface area contributed by atoms with E-state index in [0.29, 0.717) is 18.4 Å². The van der Waals surface area contributed by atoms with Gasteiger partial charge in [0.15, 0.2) is 0 Å². The Morgan fingerprint density at radius 3 is 2.64 bits per heavy atom. The van der Waals surface area contributed by atoms with Crippen molar-refractivity contribution in [3.63, 3.8) is 0 Å². The van der Waals surface area contributed by atoms with Gasteiger partial charge in [0.25, 0.3) is 0 Å². The third kappa shape index (κ3) is 2.04. The summed E-state index contributed by atoms with van der Waals surface area (Å²) >= 11 is 0. The molecular formula is C9H17N3O2. The van der Waals surface area contributed by atoms with Crippen molar-refractivity contribution in [1.29, 1.82) is 0 Å². The zero-order chi connectivity index (χ0) is 10.6. The number of hydrogen-bond acceptors (Lipinski definition) is 5. The summed E-state index contributed by atoms with van der Waals surface area (Å²) in [5, 5.41) is 6.66. The molecule has 0 radical (unpaired) electrons. The smallest absolute Gasteiger partial charge is 0.321 e. The molecule has 0 aromatic carbocycles. The van der Waals surface area contributed by atoms with Crippen molar-refractivity contribution in [2.24, 2.45) is 0 Å². The normalized spacial score (nSPS) is 15.1.